The molecule has 1 unspecified atom stereocenters. The van der Waals surface area contributed by atoms with Gasteiger partial charge in [-0.05, 0) is 60.5 Å². The lowest BCUT2D eigenvalue weighted by atomic mass is 9.76. The zero-order valence-electron chi connectivity index (χ0n) is 25.5. The molecule has 4 aromatic rings. The zero-order valence-corrected chi connectivity index (χ0v) is 26.3. The van der Waals surface area contributed by atoms with Gasteiger partial charge >= 0.3 is 13.2 Å². The maximum Gasteiger partial charge on any atom is 0.387 e. The van der Waals surface area contributed by atoms with Gasteiger partial charge in [0.15, 0.2) is 23.9 Å². The Kier molecular flexibility index (Phi) is 11.6. The topological polar surface area (TPSA) is 44.5 Å². The molecular formula is C33H39F4N2O3S+. The van der Waals surface area contributed by atoms with Crippen molar-refractivity contribution in [2.45, 2.75) is 78.1 Å². The molecule has 0 spiro atoms. The van der Waals surface area contributed by atoms with E-state index in [1.54, 1.807) is 29.7 Å². The number of rotatable bonds is 12. The quantitative estimate of drug-likeness (QED) is 0.118. The number of aromatic nitrogens is 2. The number of ether oxygens (including phenoxy) is 3. The fourth-order valence-corrected chi connectivity index (χ4v) is 5.43. The van der Waals surface area contributed by atoms with Crippen LogP contribution in [0.5, 0.6) is 17.4 Å². The monoisotopic (exact) mass is 619 g/mol. The normalized spacial score (nSPS) is 12.5. The molecule has 10 heteroatoms. The maximum absolute atomic E-state index is 13.1. The first-order valence-electron chi connectivity index (χ1n) is 14.0. The Morgan fingerprint density at radius 2 is 1.47 bits per heavy atom. The Morgan fingerprint density at radius 1 is 0.837 bits per heavy atom. The average Bonchev–Trinajstić information content (AvgIpc) is 3.51. The summed E-state index contributed by atoms with van der Waals surface area (Å²) in [6, 6.07) is 15.8. The van der Waals surface area contributed by atoms with Crippen LogP contribution in [0, 0.1) is 0 Å². The molecule has 0 bridgehead atoms. The summed E-state index contributed by atoms with van der Waals surface area (Å²) >= 11 is 1.67. The van der Waals surface area contributed by atoms with Gasteiger partial charge in [-0.15, -0.1) is 11.3 Å². The lowest BCUT2D eigenvalue weighted by Crippen LogP contribution is -2.47. The van der Waals surface area contributed by atoms with E-state index in [4.69, 9.17) is 4.74 Å². The maximum atomic E-state index is 13.1. The van der Waals surface area contributed by atoms with Crippen LogP contribution >= 0.6 is 11.3 Å². The highest BCUT2D eigenvalue weighted by Crippen LogP contribution is 2.41. The summed E-state index contributed by atoms with van der Waals surface area (Å²) in [5, 5.41) is 2.04. The third kappa shape index (κ3) is 8.69. The molecule has 0 radical (unpaired) electrons. The number of benzene rings is 1. The van der Waals surface area contributed by atoms with Crippen LogP contribution in [0.1, 0.15) is 69.0 Å². The minimum absolute atomic E-state index is 0.295. The highest BCUT2D eigenvalue weighted by molar-refractivity contribution is 7.10. The molecule has 3 aromatic heterocycles. The van der Waals surface area contributed by atoms with Crippen molar-refractivity contribution in [3.8, 4) is 17.4 Å². The van der Waals surface area contributed by atoms with E-state index in [1.807, 2.05) is 81.3 Å². The fourth-order valence-electron chi connectivity index (χ4n) is 4.43. The van der Waals surface area contributed by atoms with Gasteiger partial charge in [-0.25, -0.2) is 9.55 Å². The van der Waals surface area contributed by atoms with Gasteiger partial charge in [0.25, 0.3) is 0 Å². The van der Waals surface area contributed by atoms with Crippen molar-refractivity contribution >= 4 is 11.3 Å². The van der Waals surface area contributed by atoms with Crippen LogP contribution < -0.4 is 18.8 Å². The minimum Gasteiger partial charge on any atom is -0.471 e. The molecule has 1 aromatic carbocycles. The molecule has 0 saturated carbocycles. The molecule has 3 heterocycles. The van der Waals surface area contributed by atoms with Crippen molar-refractivity contribution in [1.29, 1.82) is 0 Å². The highest BCUT2D eigenvalue weighted by Gasteiger charge is 2.41. The van der Waals surface area contributed by atoms with E-state index in [2.05, 4.69) is 34.4 Å². The van der Waals surface area contributed by atoms with Gasteiger partial charge in [0.05, 0.1) is 0 Å². The van der Waals surface area contributed by atoms with Gasteiger partial charge in [0.1, 0.15) is 12.6 Å². The number of halogens is 4. The van der Waals surface area contributed by atoms with E-state index in [-0.39, 0.29) is 11.3 Å². The summed E-state index contributed by atoms with van der Waals surface area (Å²) in [6.45, 7) is 5.90. The molecule has 0 amide bonds. The number of pyridine rings is 2. The minimum atomic E-state index is -3.21. The molecular weight excluding hydrogens is 580 g/mol. The third-order valence-electron chi connectivity index (χ3n) is 7.45. The SMILES string of the molecule is CC.C[n+]1ccc(CC(c2ccc(OC(C)(C)C(C)(C)c3cccs3)nc2)c2ccc(OC(F)F)c(OC(F)F)c2)cc1. The number of aryl methyl sites for hydroxylation is 1. The lowest BCUT2D eigenvalue weighted by molar-refractivity contribution is -0.671. The van der Waals surface area contributed by atoms with E-state index in [0.717, 1.165) is 11.1 Å². The Balaban J connectivity index is 0.00000248. The number of hydrogen-bond acceptors (Lipinski definition) is 5. The largest absolute Gasteiger partial charge is 0.471 e. The van der Waals surface area contributed by atoms with Gasteiger partial charge in [-0.1, -0.05) is 45.9 Å². The van der Waals surface area contributed by atoms with Crippen LogP contribution in [0.4, 0.5) is 17.6 Å². The van der Waals surface area contributed by atoms with Gasteiger partial charge in [0, 0.05) is 40.6 Å². The van der Waals surface area contributed by atoms with Crippen molar-refractivity contribution in [2.24, 2.45) is 7.05 Å². The van der Waals surface area contributed by atoms with Crippen molar-refractivity contribution < 1.29 is 36.3 Å². The Morgan fingerprint density at radius 3 is 2.02 bits per heavy atom. The van der Waals surface area contributed by atoms with E-state index < -0.39 is 30.3 Å². The van der Waals surface area contributed by atoms with Gasteiger partial charge in [-0.3, -0.25) is 0 Å². The molecule has 5 nitrogen and oxygen atoms in total. The standard InChI is InChI=1S/C31H33F4N2O3S.C2H6/c1-30(2,26-7-6-16-41-26)31(3,4)40-27-11-9-22(19-36-27)23(17-20-12-14-37(5)15-13-20)21-8-10-24(38-28(32)33)25(18-21)39-29(34)35;1-2/h6-16,18-19,23,28-29H,17H2,1-5H3;1-2H3/q+1;. The number of thiophene rings is 1. The molecule has 0 fully saturated rings. The lowest BCUT2D eigenvalue weighted by Gasteiger charge is -2.40. The van der Waals surface area contributed by atoms with Crippen LogP contribution in [0.25, 0.3) is 0 Å². The second-order valence-corrected chi connectivity index (χ2v) is 11.7. The number of alkyl halides is 4. The second kappa shape index (κ2) is 14.7. The summed E-state index contributed by atoms with van der Waals surface area (Å²) in [7, 11) is 1.90. The first kappa shape index (κ1) is 33.8. The highest BCUT2D eigenvalue weighted by atomic mass is 32.1. The Bertz CT molecular complexity index is 1410. The van der Waals surface area contributed by atoms with E-state index in [0.29, 0.717) is 17.9 Å². The molecule has 4 rings (SSSR count). The first-order chi connectivity index (χ1) is 20.4. The summed E-state index contributed by atoms with van der Waals surface area (Å²) in [5.74, 6) is -0.851. The van der Waals surface area contributed by atoms with Crippen LogP contribution in [0.2, 0.25) is 0 Å². The molecule has 0 aliphatic rings. The predicted octanol–water partition coefficient (Wildman–Crippen LogP) is 8.71. The van der Waals surface area contributed by atoms with E-state index in [1.165, 1.54) is 17.0 Å². The first-order valence-corrected chi connectivity index (χ1v) is 14.9. The molecule has 1 atom stereocenters. The van der Waals surface area contributed by atoms with Crippen LogP contribution in [-0.2, 0) is 18.9 Å². The van der Waals surface area contributed by atoms with Crippen molar-refractivity contribution in [3.63, 3.8) is 0 Å². The van der Waals surface area contributed by atoms with E-state index in [9.17, 15) is 17.6 Å². The van der Waals surface area contributed by atoms with E-state index >= 15 is 0 Å². The molecule has 43 heavy (non-hydrogen) atoms. The van der Waals surface area contributed by atoms with Gasteiger partial charge in [0.2, 0.25) is 5.88 Å². The predicted molar refractivity (Wildman–Crippen MR) is 161 cm³/mol. The van der Waals surface area contributed by atoms with Gasteiger partial charge in [-0.2, -0.15) is 17.6 Å². The summed E-state index contributed by atoms with van der Waals surface area (Å²) in [5.41, 5.74) is 1.46. The summed E-state index contributed by atoms with van der Waals surface area (Å²) in [6.07, 6.45) is 5.99. The van der Waals surface area contributed by atoms with Crippen LogP contribution in [0.3, 0.4) is 0 Å². The molecule has 0 saturated heterocycles. The van der Waals surface area contributed by atoms with Crippen molar-refractivity contribution in [2.75, 3.05) is 0 Å². The summed E-state index contributed by atoms with van der Waals surface area (Å²) in [4.78, 5) is 5.78. The molecule has 0 aliphatic carbocycles. The number of nitrogens with zero attached hydrogens (tertiary/aromatic N) is 2. The van der Waals surface area contributed by atoms with Crippen LogP contribution in [0.15, 0.2) is 78.6 Å². The molecule has 0 aliphatic heterocycles. The zero-order chi connectivity index (χ0) is 31.8. The van der Waals surface area contributed by atoms with Crippen molar-refractivity contribution in [1.82, 2.24) is 4.98 Å². The Hall–Kier alpha value is -3.66. The third-order valence-corrected chi connectivity index (χ3v) is 8.65. The average molecular weight is 620 g/mol. The second-order valence-electron chi connectivity index (χ2n) is 10.7. The van der Waals surface area contributed by atoms with Crippen LogP contribution in [-0.4, -0.2) is 23.8 Å². The van der Waals surface area contributed by atoms with Gasteiger partial charge < -0.3 is 14.2 Å². The van der Waals surface area contributed by atoms with Crippen molar-refractivity contribution in [3.05, 3.63) is 100 Å². The number of hydrogen-bond donors (Lipinski definition) is 0. The smallest absolute Gasteiger partial charge is 0.387 e. The molecule has 232 valence electrons. The molecule has 0 N–H and O–H groups in total. The summed E-state index contributed by atoms with van der Waals surface area (Å²) < 4.78 is 69.3. The Labute approximate surface area is 255 Å². The fraction of sp³-hybridized carbons (Fsp3) is 0.394.